The minimum atomic E-state index is 0.411. The number of nitrogens with two attached hydrogens (primary N) is 1. The van der Waals surface area contributed by atoms with Gasteiger partial charge >= 0.3 is 0 Å². The molecule has 4 heteroatoms. The summed E-state index contributed by atoms with van der Waals surface area (Å²) >= 11 is 12.2. The molecule has 0 bridgehead atoms. The van der Waals surface area contributed by atoms with E-state index in [1.165, 1.54) is 18.4 Å². The lowest BCUT2D eigenvalue weighted by Crippen LogP contribution is -1.97. The molecule has 1 saturated carbocycles. The van der Waals surface area contributed by atoms with Crippen molar-refractivity contribution in [2.45, 2.75) is 25.3 Å². The molecule has 0 aliphatic heterocycles. The van der Waals surface area contributed by atoms with Gasteiger partial charge in [-0.25, -0.2) is 0 Å². The van der Waals surface area contributed by atoms with Crippen LogP contribution in [0.5, 0.6) is 0 Å². The average molecular weight is 256 g/mol. The second-order valence-electron chi connectivity index (χ2n) is 4.18. The zero-order valence-corrected chi connectivity index (χ0v) is 10.1. The monoisotopic (exact) mass is 255 g/mol. The van der Waals surface area contributed by atoms with Gasteiger partial charge in [0, 0.05) is 22.0 Å². The summed E-state index contributed by atoms with van der Waals surface area (Å²) in [5.74, 6) is 1.42. The summed E-state index contributed by atoms with van der Waals surface area (Å²) in [5.41, 5.74) is 7.64. The van der Waals surface area contributed by atoms with Gasteiger partial charge in [-0.3, -0.25) is 0 Å². The van der Waals surface area contributed by atoms with Gasteiger partial charge in [0.15, 0.2) is 0 Å². The van der Waals surface area contributed by atoms with Crippen molar-refractivity contribution in [3.63, 3.8) is 0 Å². The Kier molecular flexibility index (Phi) is 2.39. The number of halogens is 2. The number of hydrogen-bond acceptors (Lipinski definition) is 2. The summed E-state index contributed by atoms with van der Waals surface area (Å²) in [5, 5.41) is 2.25. The highest BCUT2D eigenvalue weighted by Crippen LogP contribution is 2.48. The minimum absolute atomic E-state index is 0.411. The van der Waals surface area contributed by atoms with Gasteiger partial charge in [-0.2, -0.15) is 0 Å². The summed E-state index contributed by atoms with van der Waals surface area (Å²) in [4.78, 5) is 0. The lowest BCUT2D eigenvalue weighted by molar-refractivity contribution is 0.546. The SMILES string of the molecule is NCc1oc2cc(Cl)cc(Cl)c2c1C1CC1. The van der Waals surface area contributed by atoms with E-state index in [9.17, 15) is 0 Å². The molecular formula is C12H11Cl2NO. The van der Waals surface area contributed by atoms with Gasteiger partial charge in [0.1, 0.15) is 11.3 Å². The van der Waals surface area contributed by atoms with E-state index in [0.29, 0.717) is 22.5 Å². The lowest BCUT2D eigenvalue weighted by atomic mass is 10.1. The van der Waals surface area contributed by atoms with E-state index < -0.39 is 0 Å². The molecule has 16 heavy (non-hydrogen) atoms. The summed E-state index contributed by atoms with van der Waals surface area (Å²) in [7, 11) is 0. The molecule has 2 N–H and O–H groups in total. The van der Waals surface area contributed by atoms with E-state index in [2.05, 4.69) is 0 Å². The fourth-order valence-electron chi connectivity index (χ4n) is 2.17. The van der Waals surface area contributed by atoms with E-state index in [-0.39, 0.29) is 0 Å². The van der Waals surface area contributed by atoms with Gasteiger partial charge in [0.2, 0.25) is 0 Å². The quantitative estimate of drug-likeness (QED) is 0.879. The summed E-state index contributed by atoms with van der Waals surface area (Å²) < 4.78 is 5.72. The molecule has 0 saturated heterocycles. The topological polar surface area (TPSA) is 39.2 Å². The van der Waals surface area contributed by atoms with E-state index in [0.717, 1.165) is 16.7 Å². The first-order valence-electron chi connectivity index (χ1n) is 5.31. The van der Waals surface area contributed by atoms with Crippen LogP contribution in [0.15, 0.2) is 16.5 Å². The highest BCUT2D eigenvalue weighted by atomic mass is 35.5. The Morgan fingerprint density at radius 3 is 2.69 bits per heavy atom. The Morgan fingerprint density at radius 1 is 1.31 bits per heavy atom. The molecule has 0 amide bonds. The Bertz CT molecular complexity index is 558. The number of hydrogen-bond donors (Lipinski definition) is 1. The van der Waals surface area contributed by atoms with Gasteiger partial charge in [-0.05, 0) is 24.8 Å². The molecule has 84 valence electrons. The largest absolute Gasteiger partial charge is 0.459 e. The zero-order chi connectivity index (χ0) is 11.3. The first-order chi connectivity index (χ1) is 7.70. The maximum atomic E-state index is 6.22. The van der Waals surface area contributed by atoms with Crippen molar-refractivity contribution in [3.05, 3.63) is 33.5 Å². The summed E-state index contributed by atoms with van der Waals surface area (Å²) in [6.45, 7) is 0.411. The lowest BCUT2D eigenvalue weighted by Gasteiger charge is -1.99. The smallest absolute Gasteiger partial charge is 0.137 e. The first-order valence-corrected chi connectivity index (χ1v) is 6.06. The van der Waals surface area contributed by atoms with Crippen molar-refractivity contribution >= 4 is 34.2 Å². The van der Waals surface area contributed by atoms with Crippen LogP contribution in [0, 0.1) is 0 Å². The van der Waals surface area contributed by atoms with Gasteiger partial charge in [-0.15, -0.1) is 0 Å². The third-order valence-electron chi connectivity index (χ3n) is 2.99. The van der Waals surface area contributed by atoms with Gasteiger partial charge < -0.3 is 10.2 Å². The Balaban J connectivity index is 2.35. The molecule has 3 rings (SSSR count). The maximum absolute atomic E-state index is 6.22. The highest BCUT2D eigenvalue weighted by Gasteiger charge is 2.31. The molecule has 1 fully saturated rings. The number of fused-ring (bicyclic) bond motifs is 1. The van der Waals surface area contributed by atoms with Crippen LogP contribution in [0.1, 0.15) is 30.1 Å². The fourth-order valence-corrected chi connectivity index (χ4v) is 2.75. The van der Waals surface area contributed by atoms with Crippen molar-refractivity contribution in [2.75, 3.05) is 0 Å². The van der Waals surface area contributed by atoms with Crippen LogP contribution in [-0.2, 0) is 6.54 Å². The Labute approximate surface area is 103 Å². The van der Waals surface area contributed by atoms with Crippen molar-refractivity contribution in [1.29, 1.82) is 0 Å². The van der Waals surface area contributed by atoms with Gasteiger partial charge in [0.05, 0.1) is 11.6 Å². The van der Waals surface area contributed by atoms with Crippen LogP contribution in [0.2, 0.25) is 10.0 Å². The molecule has 1 aromatic heterocycles. The third kappa shape index (κ3) is 1.53. The van der Waals surface area contributed by atoms with Crippen LogP contribution in [0.4, 0.5) is 0 Å². The number of benzene rings is 1. The van der Waals surface area contributed by atoms with Crippen molar-refractivity contribution in [1.82, 2.24) is 0 Å². The van der Waals surface area contributed by atoms with Gasteiger partial charge in [0.25, 0.3) is 0 Å². The van der Waals surface area contributed by atoms with Crippen molar-refractivity contribution in [2.24, 2.45) is 5.73 Å². The zero-order valence-electron chi connectivity index (χ0n) is 8.59. The van der Waals surface area contributed by atoms with Crippen molar-refractivity contribution in [3.8, 4) is 0 Å². The molecule has 0 atom stereocenters. The van der Waals surface area contributed by atoms with Crippen molar-refractivity contribution < 1.29 is 4.42 Å². The van der Waals surface area contributed by atoms with E-state index in [1.54, 1.807) is 12.1 Å². The minimum Gasteiger partial charge on any atom is -0.459 e. The molecule has 2 aromatic rings. The average Bonchev–Trinajstić information content (AvgIpc) is 2.99. The van der Waals surface area contributed by atoms with Crippen LogP contribution in [0.3, 0.4) is 0 Å². The highest BCUT2D eigenvalue weighted by molar-refractivity contribution is 6.38. The molecule has 2 nitrogen and oxygen atoms in total. The van der Waals surface area contributed by atoms with E-state index >= 15 is 0 Å². The molecule has 1 aromatic carbocycles. The fraction of sp³-hybridized carbons (Fsp3) is 0.333. The third-order valence-corrected chi connectivity index (χ3v) is 3.51. The molecule has 1 heterocycles. The summed E-state index contributed by atoms with van der Waals surface area (Å²) in [6.07, 6.45) is 2.39. The van der Waals surface area contributed by atoms with E-state index in [1.807, 2.05) is 0 Å². The second kappa shape index (κ2) is 3.66. The molecular weight excluding hydrogens is 245 g/mol. The molecule has 0 radical (unpaired) electrons. The van der Waals surface area contributed by atoms with Crippen LogP contribution in [-0.4, -0.2) is 0 Å². The predicted octanol–water partition coefficient (Wildman–Crippen LogP) is 4.08. The molecule has 1 aliphatic rings. The normalized spacial score (nSPS) is 15.9. The maximum Gasteiger partial charge on any atom is 0.137 e. The molecule has 1 aliphatic carbocycles. The predicted molar refractivity (Wildman–Crippen MR) is 66.1 cm³/mol. The Morgan fingerprint density at radius 2 is 2.06 bits per heavy atom. The first kappa shape index (κ1) is 10.5. The summed E-state index contributed by atoms with van der Waals surface area (Å²) in [6, 6.07) is 3.56. The second-order valence-corrected chi connectivity index (χ2v) is 5.02. The van der Waals surface area contributed by atoms with E-state index in [4.69, 9.17) is 33.4 Å². The standard InChI is InChI=1S/C12H11Cl2NO/c13-7-3-8(14)12-9(4-7)16-10(5-15)11(12)6-1-2-6/h3-4,6H,1-2,5,15H2. The molecule has 0 spiro atoms. The van der Waals surface area contributed by atoms with Crippen LogP contribution < -0.4 is 5.73 Å². The Hall–Kier alpha value is -0.700. The number of furan rings is 1. The number of rotatable bonds is 2. The van der Waals surface area contributed by atoms with Crippen LogP contribution in [0.25, 0.3) is 11.0 Å². The van der Waals surface area contributed by atoms with Gasteiger partial charge in [-0.1, -0.05) is 23.2 Å². The molecule has 0 unspecified atom stereocenters. The van der Waals surface area contributed by atoms with Crippen LogP contribution >= 0.6 is 23.2 Å².